The number of anilines is 3. The first kappa shape index (κ1) is 20.6. The summed E-state index contributed by atoms with van der Waals surface area (Å²) in [5, 5.41) is 3.08. The van der Waals surface area contributed by atoms with Crippen LogP contribution >= 0.6 is 0 Å². The molecule has 1 fully saturated rings. The highest BCUT2D eigenvalue weighted by molar-refractivity contribution is 5.94. The SMILES string of the molecule is Cc1c(N)cccc1-c1cn(C)c(=O)c(Nc2ccc(C(=O)N3CCOCC3)cc2)n1. The van der Waals surface area contributed by atoms with Gasteiger partial charge in [-0.2, -0.15) is 0 Å². The van der Waals surface area contributed by atoms with Crippen LogP contribution in [0.3, 0.4) is 0 Å². The predicted octanol–water partition coefficient (Wildman–Crippen LogP) is 2.55. The number of rotatable bonds is 4. The first-order chi connectivity index (χ1) is 14.9. The van der Waals surface area contributed by atoms with Crippen molar-refractivity contribution in [1.82, 2.24) is 14.5 Å². The topological polar surface area (TPSA) is 102 Å². The minimum absolute atomic E-state index is 0.0250. The summed E-state index contributed by atoms with van der Waals surface area (Å²) < 4.78 is 6.79. The number of hydrogen-bond donors (Lipinski definition) is 2. The van der Waals surface area contributed by atoms with E-state index < -0.39 is 0 Å². The Balaban J connectivity index is 1.59. The molecule has 8 heteroatoms. The third-order valence-corrected chi connectivity index (χ3v) is 5.42. The van der Waals surface area contributed by atoms with Gasteiger partial charge in [-0.3, -0.25) is 9.59 Å². The number of ether oxygens (including phenoxy) is 1. The van der Waals surface area contributed by atoms with Crippen molar-refractivity contribution in [2.75, 3.05) is 37.4 Å². The maximum absolute atomic E-state index is 12.6. The molecule has 2 heterocycles. The Hall–Kier alpha value is -3.65. The molecular weight excluding hydrogens is 394 g/mol. The third kappa shape index (κ3) is 4.29. The zero-order valence-electron chi connectivity index (χ0n) is 17.6. The Kier molecular flexibility index (Phi) is 5.73. The Bertz CT molecular complexity index is 1160. The number of benzene rings is 2. The minimum Gasteiger partial charge on any atom is -0.398 e. The van der Waals surface area contributed by atoms with Crippen molar-refractivity contribution in [3.63, 3.8) is 0 Å². The van der Waals surface area contributed by atoms with E-state index in [0.29, 0.717) is 48.9 Å². The molecule has 1 aliphatic rings. The average Bonchev–Trinajstić information content (AvgIpc) is 2.79. The second kappa shape index (κ2) is 8.61. The van der Waals surface area contributed by atoms with E-state index in [4.69, 9.17) is 10.5 Å². The van der Waals surface area contributed by atoms with E-state index in [1.54, 1.807) is 42.4 Å². The molecule has 0 saturated carbocycles. The summed E-state index contributed by atoms with van der Waals surface area (Å²) in [7, 11) is 1.68. The molecule has 2 aromatic carbocycles. The Morgan fingerprint density at radius 1 is 1.13 bits per heavy atom. The van der Waals surface area contributed by atoms with E-state index >= 15 is 0 Å². The van der Waals surface area contributed by atoms with Gasteiger partial charge in [0, 0.05) is 48.8 Å². The van der Waals surface area contributed by atoms with Gasteiger partial charge >= 0.3 is 0 Å². The second-order valence-electron chi connectivity index (χ2n) is 7.52. The van der Waals surface area contributed by atoms with Crippen molar-refractivity contribution < 1.29 is 9.53 Å². The van der Waals surface area contributed by atoms with Crippen LogP contribution in [0.5, 0.6) is 0 Å². The lowest BCUT2D eigenvalue weighted by molar-refractivity contribution is 0.0303. The molecule has 3 N–H and O–H groups in total. The molecule has 160 valence electrons. The maximum Gasteiger partial charge on any atom is 0.293 e. The second-order valence-corrected chi connectivity index (χ2v) is 7.52. The molecule has 0 atom stereocenters. The molecule has 0 bridgehead atoms. The summed E-state index contributed by atoms with van der Waals surface area (Å²) in [5.41, 5.74) is 10.1. The van der Waals surface area contributed by atoms with Crippen molar-refractivity contribution in [2.45, 2.75) is 6.92 Å². The smallest absolute Gasteiger partial charge is 0.293 e. The lowest BCUT2D eigenvalue weighted by Crippen LogP contribution is -2.40. The van der Waals surface area contributed by atoms with Gasteiger partial charge in [0.05, 0.1) is 18.9 Å². The molecule has 0 spiro atoms. The molecule has 0 unspecified atom stereocenters. The molecule has 3 aromatic rings. The van der Waals surface area contributed by atoms with Gasteiger partial charge in [0.25, 0.3) is 11.5 Å². The number of nitrogens with zero attached hydrogens (tertiary/aromatic N) is 3. The fourth-order valence-electron chi connectivity index (χ4n) is 3.53. The van der Waals surface area contributed by atoms with E-state index in [9.17, 15) is 9.59 Å². The van der Waals surface area contributed by atoms with Crippen LogP contribution in [0.15, 0.2) is 53.5 Å². The zero-order valence-corrected chi connectivity index (χ0v) is 17.6. The largest absolute Gasteiger partial charge is 0.398 e. The van der Waals surface area contributed by atoms with E-state index in [2.05, 4.69) is 10.3 Å². The maximum atomic E-state index is 12.6. The molecule has 1 saturated heterocycles. The van der Waals surface area contributed by atoms with Crippen molar-refractivity contribution in [3.05, 3.63) is 70.1 Å². The first-order valence-electron chi connectivity index (χ1n) is 10.1. The molecule has 0 radical (unpaired) electrons. The number of amides is 1. The first-order valence-corrected chi connectivity index (χ1v) is 10.1. The Morgan fingerprint density at radius 2 is 1.84 bits per heavy atom. The van der Waals surface area contributed by atoms with Crippen LogP contribution in [-0.4, -0.2) is 46.7 Å². The van der Waals surface area contributed by atoms with E-state index in [1.165, 1.54) is 4.57 Å². The summed E-state index contributed by atoms with van der Waals surface area (Å²) >= 11 is 0. The van der Waals surface area contributed by atoms with Gasteiger partial charge in [0.2, 0.25) is 0 Å². The lowest BCUT2D eigenvalue weighted by atomic mass is 10.0. The quantitative estimate of drug-likeness (QED) is 0.630. The third-order valence-electron chi connectivity index (χ3n) is 5.42. The highest BCUT2D eigenvalue weighted by Crippen LogP contribution is 2.26. The average molecular weight is 419 g/mol. The van der Waals surface area contributed by atoms with E-state index in [1.807, 2.05) is 25.1 Å². The van der Waals surface area contributed by atoms with Crippen LogP contribution in [0.2, 0.25) is 0 Å². The molecule has 1 aliphatic heterocycles. The molecule has 31 heavy (non-hydrogen) atoms. The molecular formula is C23H25N5O3. The van der Waals surface area contributed by atoms with Crippen molar-refractivity contribution in [1.29, 1.82) is 0 Å². The van der Waals surface area contributed by atoms with E-state index in [-0.39, 0.29) is 17.3 Å². The molecule has 8 nitrogen and oxygen atoms in total. The van der Waals surface area contributed by atoms with Crippen molar-refractivity contribution >= 4 is 23.1 Å². The summed E-state index contributed by atoms with van der Waals surface area (Å²) in [6.07, 6.45) is 1.69. The number of aromatic nitrogens is 2. The molecule has 4 rings (SSSR count). The number of carbonyl (C=O) groups is 1. The van der Waals surface area contributed by atoms with Gasteiger partial charge < -0.3 is 25.3 Å². The van der Waals surface area contributed by atoms with Crippen LogP contribution in [0.4, 0.5) is 17.2 Å². The van der Waals surface area contributed by atoms with Gasteiger partial charge in [-0.25, -0.2) is 4.98 Å². The van der Waals surface area contributed by atoms with Crippen LogP contribution in [0, 0.1) is 6.92 Å². The predicted molar refractivity (Wildman–Crippen MR) is 121 cm³/mol. The number of morpholine rings is 1. The summed E-state index contributed by atoms with van der Waals surface area (Å²) in [4.78, 5) is 31.6. The number of nitrogen functional groups attached to an aromatic ring is 1. The van der Waals surface area contributed by atoms with Crippen LogP contribution < -0.4 is 16.6 Å². The van der Waals surface area contributed by atoms with Gasteiger partial charge in [-0.15, -0.1) is 0 Å². The number of nitrogens with one attached hydrogen (secondary N) is 1. The monoisotopic (exact) mass is 419 g/mol. The zero-order chi connectivity index (χ0) is 22.0. The minimum atomic E-state index is -0.251. The number of hydrogen-bond acceptors (Lipinski definition) is 6. The fourth-order valence-corrected chi connectivity index (χ4v) is 3.53. The molecule has 1 amide bonds. The lowest BCUT2D eigenvalue weighted by Gasteiger charge is -2.26. The summed E-state index contributed by atoms with van der Waals surface area (Å²) in [6.45, 7) is 4.23. The van der Waals surface area contributed by atoms with E-state index in [0.717, 1.165) is 11.1 Å². The van der Waals surface area contributed by atoms with Gasteiger partial charge in [-0.1, -0.05) is 12.1 Å². The van der Waals surface area contributed by atoms with Crippen LogP contribution in [-0.2, 0) is 11.8 Å². The standard InChI is InChI=1S/C23H25N5O3/c1-15-18(4-3-5-19(15)24)20-14-27(2)23(30)21(26-20)25-17-8-6-16(7-9-17)22(29)28-10-12-31-13-11-28/h3-9,14H,10-13,24H2,1-2H3,(H,25,26). The molecule has 1 aromatic heterocycles. The van der Waals surface area contributed by atoms with Crippen LogP contribution in [0.25, 0.3) is 11.3 Å². The van der Waals surface area contributed by atoms with Gasteiger partial charge in [-0.05, 0) is 42.8 Å². The molecule has 0 aliphatic carbocycles. The Labute approximate surface area is 180 Å². The highest BCUT2D eigenvalue weighted by Gasteiger charge is 2.18. The summed E-state index contributed by atoms with van der Waals surface area (Å²) in [6, 6.07) is 12.7. The van der Waals surface area contributed by atoms with Crippen molar-refractivity contribution in [3.8, 4) is 11.3 Å². The number of nitrogens with two attached hydrogens (primary N) is 1. The fraction of sp³-hybridized carbons (Fsp3) is 0.261. The Morgan fingerprint density at radius 3 is 2.55 bits per heavy atom. The van der Waals surface area contributed by atoms with Crippen LogP contribution in [0.1, 0.15) is 15.9 Å². The number of carbonyl (C=O) groups excluding carboxylic acids is 1. The summed E-state index contributed by atoms with van der Waals surface area (Å²) in [5.74, 6) is 0.178. The van der Waals surface area contributed by atoms with Gasteiger partial charge in [0.1, 0.15) is 0 Å². The van der Waals surface area contributed by atoms with Gasteiger partial charge in [0.15, 0.2) is 5.82 Å². The van der Waals surface area contributed by atoms with Crippen molar-refractivity contribution in [2.24, 2.45) is 7.05 Å². The number of aryl methyl sites for hydroxylation is 1. The normalized spacial score (nSPS) is 13.8. The highest BCUT2D eigenvalue weighted by atomic mass is 16.5.